The van der Waals surface area contributed by atoms with E-state index < -0.39 is 0 Å². The summed E-state index contributed by atoms with van der Waals surface area (Å²) in [5.41, 5.74) is 8.82. The molecule has 1 aliphatic rings. The SMILES string of the molecule is Nc1ncnn2c(-c3ccncc3)cc(C(=O)NC3CCCCC3)c12. The summed E-state index contributed by atoms with van der Waals surface area (Å²) in [6, 6.07) is 5.81. The second kappa shape index (κ2) is 6.51. The third kappa shape index (κ3) is 2.93. The molecule has 1 amide bonds. The Bertz CT molecular complexity index is 899. The molecule has 3 aromatic rings. The maximum absolute atomic E-state index is 12.9. The van der Waals surface area contributed by atoms with Crippen molar-refractivity contribution in [1.82, 2.24) is 24.9 Å². The Balaban J connectivity index is 1.77. The number of pyridine rings is 1. The number of carbonyl (C=O) groups excluding carboxylic acids is 1. The fraction of sp³-hybridized carbons (Fsp3) is 0.333. The van der Waals surface area contributed by atoms with Gasteiger partial charge in [0.15, 0.2) is 5.82 Å². The summed E-state index contributed by atoms with van der Waals surface area (Å²) in [6.45, 7) is 0. The molecular weight excluding hydrogens is 316 g/mol. The molecule has 7 nitrogen and oxygen atoms in total. The first-order valence-electron chi connectivity index (χ1n) is 8.57. The number of hydrogen-bond donors (Lipinski definition) is 2. The first-order chi connectivity index (χ1) is 12.2. The van der Waals surface area contributed by atoms with Crippen LogP contribution in [0.15, 0.2) is 36.9 Å². The van der Waals surface area contributed by atoms with Crippen LogP contribution in [-0.4, -0.2) is 31.5 Å². The number of nitrogens with one attached hydrogen (secondary N) is 1. The van der Waals surface area contributed by atoms with Gasteiger partial charge in [-0.2, -0.15) is 5.10 Å². The average molecular weight is 336 g/mol. The minimum atomic E-state index is -0.119. The lowest BCUT2D eigenvalue weighted by Crippen LogP contribution is -2.36. The molecule has 128 valence electrons. The van der Waals surface area contributed by atoms with Gasteiger partial charge >= 0.3 is 0 Å². The Labute approximate surface area is 145 Å². The quantitative estimate of drug-likeness (QED) is 0.765. The third-order valence-electron chi connectivity index (χ3n) is 4.74. The summed E-state index contributed by atoms with van der Waals surface area (Å²) in [5.74, 6) is 0.176. The van der Waals surface area contributed by atoms with Gasteiger partial charge in [0.25, 0.3) is 5.91 Å². The molecule has 7 heteroatoms. The Morgan fingerprint density at radius 1 is 1.20 bits per heavy atom. The third-order valence-corrected chi connectivity index (χ3v) is 4.74. The number of rotatable bonds is 3. The lowest BCUT2D eigenvalue weighted by Gasteiger charge is -2.22. The minimum absolute atomic E-state index is 0.119. The lowest BCUT2D eigenvalue weighted by atomic mass is 9.95. The Hall–Kier alpha value is -2.96. The number of anilines is 1. The van der Waals surface area contributed by atoms with Crippen LogP contribution in [0.4, 0.5) is 5.82 Å². The Morgan fingerprint density at radius 2 is 1.96 bits per heavy atom. The first kappa shape index (κ1) is 15.6. The molecule has 3 heterocycles. The number of fused-ring (bicyclic) bond motifs is 1. The van der Waals surface area contributed by atoms with E-state index in [0.29, 0.717) is 16.9 Å². The van der Waals surface area contributed by atoms with Crippen molar-refractivity contribution in [3.63, 3.8) is 0 Å². The maximum atomic E-state index is 12.9. The zero-order chi connectivity index (χ0) is 17.2. The van der Waals surface area contributed by atoms with Crippen molar-refractivity contribution in [3.8, 4) is 11.3 Å². The van der Waals surface area contributed by atoms with Crippen molar-refractivity contribution >= 4 is 17.2 Å². The highest BCUT2D eigenvalue weighted by Crippen LogP contribution is 2.28. The standard InChI is InChI=1S/C18H20N6O/c19-17-16-14(18(25)23-13-4-2-1-3-5-13)10-15(24(16)22-11-21-17)12-6-8-20-9-7-12/h6-11,13H,1-5H2,(H,23,25)(H2,19,21,22). The van der Waals surface area contributed by atoms with Gasteiger partial charge in [-0.15, -0.1) is 0 Å². The number of nitrogens with zero attached hydrogens (tertiary/aromatic N) is 4. The van der Waals surface area contributed by atoms with Gasteiger partial charge in [-0.05, 0) is 31.0 Å². The van der Waals surface area contributed by atoms with E-state index in [-0.39, 0.29) is 11.9 Å². The van der Waals surface area contributed by atoms with E-state index in [1.54, 1.807) is 16.9 Å². The molecule has 0 unspecified atom stereocenters. The van der Waals surface area contributed by atoms with Gasteiger partial charge in [0.1, 0.15) is 11.8 Å². The van der Waals surface area contributed by atoms with E-state index >= 15 is 0 Å². The van der Waals surface area contributed by atoms with E-state index in [0.717, 1.165) is 36.9 Å². The molecular formula is C18H20N6O. The molecule has 3 N–H and O–H groups in total. The highest BCUT2D eigenvalue weighted by Gasteiger charge is 2.23. The van der Waals surface area contributed by atoms with Crippen LogP contribution in [0.3, 0.4) is 0 Å². The molecule has 3 aromatic heterocycles. The van der Waals surface area contributed by atoms with Crippen LogP contribution < -0.4 is 11.1 Å². The molecule has 25 heavy (non-hydrogen) atoms. The smallest absolute Gasteiger partial charge is 0.253 e. The lowest BCUT2D eigenvalue weighted by molar-refractivity contribution is 0.0929. The number of nitrogen functional groups attached to an aromatic ring is 1. The van der Waals surface area contributed by atoms with E-state index in [1.807, 2.05) is 18.2 Å². The van der Waals surface area contributed by atoms with Crippen molar-refractivity contribution in [2.75, 3.05) is 5.73 Å². The Morgan fingerprint density at radius 3 is 2.72 bits per heavy atom. The normalized spacial score (nSPS) is 15.4. The second-order valence-electron chi connectivity index (χ2n) is 6.39. The summed E-state index contributed by atoms with van der Waals surface area (Å²) < 4.78 is 1.67. The minimum Gasteiger partial charge on any atom is -0.382 e. The predicted molar refractivity (Wildman–Crippen MR) is 95.0 cm³/mol. The fourth-order valence-corrected chi connectivity index (χ4v) is 3.48. The van der Waals surface area contributed by atoms with Crippen molar-refractivity contribution in [2.24, 2.45) is 0 Å². The van der Waals surface area contributed by atoms with Crippen LogP contribution >= 0.6 is 0 Å². The summed E-state index contributed by atoms with van der Waals surface area (Å²) in [5, 5.41) is 7.44. The van der Waals surface area contributed by atoms with Gasteiger partial charge in [-0.25, -0.2) is 9.50 Å². The van der Waals surface area contributed by atoms with Crippen LogP contribution in [0.25, 0.3) is 16.8 Å². The fourth-order valence-electron chi connectivity index (χ4n) is 3.48. The molecule has 0 saturated heterocycles. The number of carbonyl (C=O) groups is 1. The number of aromatic nitrogens is 4. The topological polar surface area (TPSA) is 98.2 Å². The molecule has 4 rings (SSSR count). The number of nitrogens with two attached hydrogens (primary N) is 1. The van der Waals surface area contributed by atoms with Crippen LogP contribution in [0, 0.1) is 0 Å². The van der Waals surface area contributed by atoms with Gasteiger partial charge in [0.05, 0.1) is 11.3 Å². The zero-order valence-electron chi connectivity index (χ0n) is 13.9. The largest absolute Gasteiger partial charge is 0.382 e. The molecule has 1 fully saturated rings. The van der Waals surface area contributed by atoms with Gasteiger partial charge in [-0.3, -0.25) is 9.78 Å². The van der Waals surface area contributed by atoms with Crippen LogP contribution in [0.1, 0.15) is 42.5 Å². The van der Waals surface area contributed by atoms with Gasteiger partial charge in [0, 0.05) is 24.0 Å². The molecule has 0 radical (unpaired) electrons. The van der Waals surface area contributed by atoms with E-state index in [1.165, 1.54) is 12.7 Å². The van der Waals surface area contributed by atoms with Crippen LogP contribution in [0.5, 0.6) is 0 Å². The molecule has 0 aliphatic heterocycles. The number of amides is 1. The van der Waals surface area contributed by atoms with Gasteiger partial charge < -0.3 is 11.1 Å². The summed E-state index contributed by atoms with van der Waals surface area (Å²) >= 11 is 0. The van der Waals surface area contributed by atoms with Crippen molar-refractivity contribution in [3.05, 3.63) is 42.5 Å². The average Bonchev–Trinajstić information content (AvgIpc) is 3.04. The highest BCUT2D eigenvalue weighted by atomic mass is 16.1. The highest BCUT2D eigenvalue weighted by molar-refractivity contribution is 6.05. The molecule has 1 aliphatic carbocycles. The van der Waals surface area contributed by atoms with E-state index in [2.05, 4.69) is 20.4 Å². The molecule has 0 spiro atoms. The van der Waals surface area contributed by atoms with Crippen LogP contribution in [0.2, 0.25) is 0 Å². The first-order valence-corrected chi connectivity index (χ1v) is 8.57. The van der Waals surface area contributed by atoms with Gasteiger partial charge in [-0.1, -0.05) is 19.3 Å². The predicted octanol–water partition coefficient (Wildman–Crippen LogP) is 2.44. The maximum Gasteiger partial charge on any atom is 0.253 e. The molecule has 0 aromatic carbocycles. The summed E-state index contributed by atoms with van der Waals surface area (Å²) in [7, 11) is 0. The van der Waals surface area contributed by atoms with E-state index in [9.17, 15) is 4.79 Å². The van der Waals surface area contributed by atoms with Crippen molar-refractivity contribution in [1.29, 1.82) is 0 Å². The zero-order valence-corrected chi connectivity index (χ0v) is 13.9. The van der Waals surface area contributed by atoms with E-state index in [4.69, 9.17) is 5.73 Å². The summed E-state index contributed by atoms with van der Waals surface area (Å²) in [6.07, 6.45) is 10.4. The molecule has 1 saturated carbocycles. The van der Waals surface area contributed by atoms with Gasteiger partial charge in [0.2, 0.25) is 0 Å². The van der Waals surface area contributed by atoms with Crippen molar-refractivity contribution < 1.29 is 4.79 Å². The Kier molecular flexibility index (Phi) is 4.05. The summed E-state index contributed by atoms with van der Waals surface area (Å²) in [4.78, 5) is 21.0. The molecule has 0 atom stereocenters. The number of hydrogen-bond acceptors (Lipinski definition) is 5. The van der Waals surface area contributed by atoms with Crippen LogP contribution in [-0.2, 0) is 0 Å². The van der Waals surface area contributed by atoms with Crippen molar-refractivity contribution in [2.45, 2.75) is 38.1 Å². The second-order valence-corrected chi connectivity index (χ2v) is 6.39. The molecule has 0 bridgehead atoms. The monoisotopic (exact) mass is 336 g/mol.